The number of hydrogen-bond donors (Lipinski definition) is 2. The van der Waals surface area contributed by atoms with Crippen molar-refractivity contribution in [2.24, 2.45) is 5.92 Å². The van der Waals surface area contributed by atoms with Crippen LogP contribution in [0.4, 0.5) is 0 Å². The summed E-state index contributed by atoms with van der Waals surface area (Å²) in [4.78, 5) is 0.191. The van der Waals surface area contributed by atoms with Gasteiger partial charge < -0.3 is 5.11 Å². The number of sulfonamides is 1. The van der Waals surface area contributed by atoms with Gasteiger partial charge in [0, 0.05) is 8.95 Å². The molecule has 0 aromatic heterocycles. The minimum absolute atomic E-state index is 0.176. The molecule has 0 heterocycles. The van der Waals surface area contributed by atoms with Crippen molar-refractivity contribution in [1.29, 1.82) is 0 Å². The second-order valence-corrected chi connectivity index (χ2v) is 9.24. The molecule has 0 aliphatic heterocycles. The van der Waals surface area contributed by atoms with E-state index in [1.165, 1.54) is 0 Å². The molecule has 21 heavy (non-hydrogen) atoms. The van der Waals surface area contributed by atoms with Gasteiger partial charge in [-0.2, -0.15) is 0 Å². The van der Waals surface area contributed by atoms with Crippen LogP contribution in [-0.4, -0.2) is 25.7 Å². The van der Waals surface area contributed by atoms with Crippen LogP contribution in [0.3, 0.4) is 0 Å². The number of aliphatic hydroxyl groups is 1. The zero-order valence-electron chi connectivity index (χ0n) is 11.8. The molecule has 1 aromatic carbocycles. The first-order chi connectivity index (χ1) is 9.78. The second-order valence-electron chi connectivity index (χ2n) is 5.82. The maximum Gasteiger partial charge on any atom is 0.242 e. The van der Waals surface area contributed by atoms with Crippen LogP contribution in [0.5, 0.6) is 0 Å². The van der Waals surface area contributed by atoms with E-state index in [2.05, 4.69) is 43.5 Å². The zero-order chi connectivity index (χ0) is 15.7. The monoisotopic (exact) mass is 439 g/mol. The Morgan fingerprint density at radius 3 is 2.71 bits per heavy atom. The van der Waals surface area contributed by atoms with E-state index in [0.29, 0.717) is 23.2 Å². The van der Waals surface area contributed by atoms with Crippen molar-refractivity contribution in [3.8, 4) is 0 Å². The van der Waals surface area contributed by atoms with Crippen LogP contribution in [0.25, 0.3) is 0 Å². The minimum Gasteiger partial charge on any atom is -0.394 e. The molecule has 1 aliphatic carbocycles. The van der Waals surface area contributed by atoms with Crippen molar-refractivity contribution in [2.45, 2.75) is 43.0 Å². The Labute approximate surface area is 142 Å². The summed E-state index contributed by atoms with van der Waals surface area (Å²) in [6.45, 7) is 1.91. The van der Waals surface area contributed by atoms with Gasteiger partial charge in [-0.3, -0.25) is 0 Å². The highest BCUT2D eigenvalue weighted by Crippen LogP contribution is 2.34. The molecule has 2 N–H and O–H groups in total. The molecule has 0 spiro atoms. The highest BCUT2D eigenvalue weighted by Gasteiger charge is 2.38. The SMILES string of the molecule is CC1CCCC(CO)(NS(=O)(=O)c2ccc(Br)cc2Br)C1. The fourth-order valence-corrected chi connectivity index (χ4v) is 6.14. The van der Waals surface area contributed by atoms with E-state index < -0.39 is 15.6 Å². The molecule has 1 saturated carbocycles. The summed E-state index contributed by atoms with van der Waals surface area (Å²) in [6, 6.07) is 4.94. The van der Waals surface area contributed by atoms with Gasteiger partial charge in [0.15, 0.2) is 0 Å². The number of nitrogens with one attached hydrogen (secondary N) is 1. The smallest absolute Gasteiger partial charge is 0.242 e. The summed E-state index contributed by atoms with van der Waals surface area (Å²) >= 11 is 6.60. The normalized spacial score (nSPS) is 26.8. The lowest BCUT2D eigenvalue weighted by Gasteiger charge is -2.39. The Bertz CT molecular complexity index is 621. The van der Waals surface area contributed by atoms with E-state index >= 15 is 0 Å². The summed E-state index contributed by atoms with van der Waals surface area (Å²) in [5.41, 5.74) is -0.747. The van der Waals surface area contributed by atoms with Gasteiger partial charge in [-0.05, 0) is 52.9 Å². The van der Waals surface area contributed by atoms with Crippen LogP contribution < -0.4 is 4.72 Å². The van der Waals surface area contributed by atoms with Gasteiger partial charge in [0.05, 0.1) is 17.0 Å². The third-order valence-corrected chi connectivity index (χ3v) is 6.98. The van der Waals surface area contributed by atoms with Crippen molar-refractivity contribution in [1.82, 2.24) is 4.72 Å². The van der Waals surface area contributed by atoms with Gasteiger partial charge >= 0.3 is 0 Å². The molecule has 1 aromatic rings. The molecule has 4 nitrogen and oxygen atoms in total. The lowest BCUT2D eigenvalue weighted by Crippen LogP contribution is -2.53. The summed E-state index contributed by atoms with van der Waals surface area (Å²) in [7, 11) is -3.68. The summed E-state index contributed by atoms with van der Waals surface area (Å²) < 4.78 is 29.3. The van der Waals surface area contributed by atoms with Crippen molar-refractivity contribution in [2.75, 3.05) is 6.61 Å². The second kappa shape index (κ2) is 6.66. The van der Waals surface area contributed by atoms with Crippen molar-refractivity contribution in [3.63, 3.8) is 0 Å². The molecule has 7 heteroatoms. The van der Waals surface area contributed by atoms with Crippen molar-refractivity contribution in [3.05, 3.63) is 27.1 Å². The third-order valence-electron chi connectivity index (χ3n) is 3.93. The molecular formula is C14H19Br2NO3S. The van der Waals surface area contributed by atoms with E-state index in [1.54, 1.807) is 18.2 Å². The molecular weight excluding hydrogens is 422 g/mol. The quantitative estimate of drug-likeness (QED) is 0.753. The fraction of sp³-hybridized carbons (Fsp3) is 0.571. The number of hydrogen-bond acceptors (Lipinski definition) is 3. The van der Waals surface area contributed by atoms with Crippen molar-refractivity contribution < 1.29 is 13.5 Å². The van der Waals surface area contributed by atoms with E-state index in [-0.39, 0.29) is 11.5 Å². The molecule has 118 valence electrons. The maximum atomic E-state index is 12.6. The van der Waals surface area contributed by atoms with E-state index in [1.807, 2.05) is 0 Å². The Morgan fingerprint density at radius 1 is 1.43 bits per heavy atom. The highest BCUT2D eigenvalue weighted by molar-refractivity contribution is 9.11. The zero-order valence-corrected chi connectivity index (χ0v) is 15.8. The van der Waals surface area contributed by atoms with Crippen LogP contribution >= 0.6 is 31.9 Å². The molecule has 0 bridgehead atoms. The number of aliphatic hydroxyl groups excluding tert-OH is 1. The van der Waals surface area contributed by atoms with Gasteiger partial charge in [-0.15, -0.1) is 0 Å². The Morgan fingerprint density at radius 2 is 2.14 bits per heavy atom. The van der Waals surface area contributed by atoms with E-state index in [0.717, 1.165) is 17.3 Å². The lowest BCUT2D eigenvalue weighted by atomic mass is 9.78. The molecule has 2 atom stereocenters. The molecule has 1 aliphatic rings. The van der Waals surface area contributed by atoms with Gasteiger partial charge in [-0.1, -0.05) is 35.7 Å². The average Bonchev–Trinajstić information content (AvgIpc) is 2.37. The van der Waals surface area contributed by atoms with Crippen LogP contribution in [0.15, 0.2) is 32.0 Å². The highest BCUT2D eigenvalue weighted by atomic mass is 79.9. The third kappa shape index (κ3) is 4.07. The first kappa shape index (κ1) is 17.4. The summed E-state index contributed by atoms with van der Waals surface area (Å²) in [5.74, 6) is 0.405. The lowest BCUT2D eigenvalue weighted by molar-refractivity contribution is 0.119. The number of benzene rings is 1. The average molecular weight is 441 g/mol. The predicted molar refractivity (Wildman–Crippen MR) is 89.6 cm³/mol. The predicted octanol–water partition coefficient (Wildman–Crippen LogP) is 3.43. The van der Waals surface area contributed by atoms with E-state index in [4.69, 9.17) is 0 Å². The first-order valence-corrected chi connectivity index (χ1v) is 9.95. The first-order valence-electron chi connectivity index (χ1n) is 6.88. The molecule has 2 rings (SSSR count). The van der Waals surface area contributed by atoms with Gasteiger partial charge in [-0.25, -0.2) is 13.1 Å². The summed E-state index contributed by atoms with van der Waals surface area (Å²) in [5, 5.41) is 9.74. The Kier molecular flexibility index (Phi) is 5.52. The Balaban J connectivity index is 2.31. The standard InChI is InChI=1S/C14H19Br2NO3S/c1-10-3-2-6-14(8-10,9-18)17-21(19,20)13-5-4-11(15)7-12(13)16/h4-5,7,10,17-18H,2-3,6,8-9H2,1H3. The summed E-state index contributed by atoms with van der Waals surface area (Å²) in [6.07, 6.45) is 3.33. The largest absolute Gasteiger partial charge is 0.394 e. The van der Waals surface area contributed by atoms with Crippen LogP contribution in [-0.2, 0) is 10.0 Å². The van der Waals surface area contributed by atoms with Crippen LogP contribution in [0.2, 0.25) is 0 Å². The van der Waals surface area contributed by atoms with Crippen LogP contribution in [0, 0.1) is 5.92 Å². The molecule has 0 amide bonds. The fourth-order valence-electron chi connectivity index (χ4n) is 2.96. The van der Waals surface area contributed by atoms with Gasteiger partial charge in [0.25, 0.3) is 0 Å². The molecule has 1 fully saturated rings. The van der Waals surface area contributed by atoms with Gasteiger partial charge in [0.2, 0.25) is 10.0 Å². The van der Waals surface area contributed by atoms with Crippen molar-refractivity contribution >= 4 is 41.9 Å². The number of rotatable bonds is 4. The molecule has 0 radical (unpaired) electrons. The van der Waals surface area contributed by atoms with Gasteiger partial charge in [0.1, 0.15) is 0 Å². The Hall–Kier alpha value is 0.0500. The molecule has 2 unspecified atom stereocenters. The number of halogens is 2. The molecule has 0 saturated heterocycles. The topological polar surface area (TPSA) is 66.4 Å². The maximum absolute atomic E-state index is 12.6. The minimum atomic E-state index is -3.68. The van der Waals surface area contributed by atoms with E-state index in [9.17, 15) is 13.5 Å². The van der Waals surface area contributed by atoms with Crippen LogP contribution in [0.1, 0.15) is 32.6 Å².